The Morgan fingerprint density at radius 1 is 1.08 bits per heavy atom. The number of hydrogen-bond acceptors (Lipinski definition) is 3. The lowest BCUT2D eigenvalue weighted by molar-refractivity contribution is -0.132. The maximum atomic E-state index is 12.8. The summed E-state index contributed by atoms with van der Waals surface area (Å²) in [5, 5.41) is 2.89. The van der Waals surface area contributed by atoms with E-state index in [-0.39, 0.29) is 11.8 Å². The number of nitrogens with one attached hydrogen (secondary N) is 1. The molecular formula is C19H21N3O2. The van der Waals surface area contributed by atoms with Gasteiger partial charge in [0.15, 0.2) is 0 Å². The number of likely N-dealkylation sites (tertiary alicyclic amines) is 1. The molecule has 3 rings (SSSR count). The lowest BCUT2D eigenvalue weighted by Gasteiger charge is -2.24. The fraction of sp³-hybridized carbons (Fsp3) is 0.316. The molecule has 1 N–H and O–H groups in total. The van der Waals surface area contributed by atoms with Crippen LogP contribution >= 0.6 is 0 Å². The molecule has 1 fully saturated rings. The van der Waals surface area contributed by atoms with Crippen LogP contribution in [0.3, 0.4) is 0 Å². The van der Waals surface area contributed by atoms with Crippen molar-refractivity contribution in [2.45, 2.75) is 25.3 Å². The Bertz CT molecular complexity index is 682. The molecule has 2 heterocycles. The van der Waals surface area contributed by atoms with Gasteiger partial charge in [0.2, 0.25) is 5.91 Å². The van der Waals surface area contributed by atoms with Gasteiger partial charge in [0.25, 0.3) is 5.91 Å². The standard InChI is InChI=1S/C19H21N3O2/c23-18(16-9-6-10-20-14-16)21-17(13-15-7-2-1-3-8-15)19(24)22-11-4-5-12-22/h1-3,6-10,14,17H,4-5,11-13H2,(H,21,23). The van der Waals surface area contributed by atoms with Crippen LogP contribution in [0.25, 0.3) is 0 Å². The van der Waals surface area contributed by atoms with E-state index in [1.807, 2.05) is 35.2 Å². The van der Waals surface area contributed by atoms with Crippen LogP contribution < -0.4 is 5.32 Å². The summed E-state index contributed by atoms with van der Waals surface area (Å²) >= 11 is 0. The fourth-order valence-electron chi connectivity index (χ4n) is 2.95. The fourth-order valence-corrected chi connectivity index (χ4v) is 2.95. The van der Waals surface area contributed by atoms with Crippen LogP contribution in [-0.2, 0) is 11.2 Å². The molecule has 1 unspecified atom stereocenters. The van der Waals surface area contributed by atoms with Gasteiger partial charge in [-0.2, -0.15) is 0 Å². The van der Waals surface area contributed by atoms with Crippen LogP contribution in [0.2, 0.25) is 0 Å². The Kier molecular flexibility index (Phi) is 5.21. The van der Waals surface area contributed by atoms with Gasteiger partial charge in [-0.3, -0.25) is 14.6 Å². The summed E-state index contributed by atoms with van der Waals surface area (Å²) in [6.45, 7) is 1.54. The minimum Gasteiger partial charge on any atom is -0.341 e. The molecule has 0 radical (unpaired) electrons. The Morgan fingerprint density at radius 2 is 1.83 bits per heavy atom. The van der Waals surface area contributed by atoms with Gasteiger partial charge < -0.3 is 10.2 Å². The van der Waals surface area contributed by atoms with Gasteiger partial charge in [-0.05, 0) is 30.5 Å². The molecule has 5 heteroatoms. The molecule has 1 saturated heterocycles. The second-order valence-electron chi connectivity index (χ2n) is 5.99. The quantitative estimate of drug-likeness (QED) is 0.916. The number of nitrogens with zero attached hydrogens (tertiary/aromatic N) is 2. The first-order valence-electron chi connectivity index (χ1n) is 8.27. The van der Waals surface area contributed by atoms with E-state index >= 15 is 0 Å². The number of carbonyl (C=O) groups excluding carboxylic acids is 2. The van der Waals surface area contributed by atoms with E-state index in [2.05, 4.69) is 10.3 Å². The highest BCUT2D eigenvalue weighted by molar-refractivity contribution is 5.97. The summed E-state index contributed by atoms with van der Waals surface area (Å²) in [5.74, 6) is -0.273. The van der Waals surface area contributed by atoms with E-state index in [0.717, 1.165) is 31.5 Å². The summed E-state index contributed by atoms with van der Waals surface area (Å²) in [7, 11) is 0. The minimum atomic E-state index is -0.557. The van der Waals surface area contributed by atoms with Crippen molar-refractivity contribution in [2.24, 2.45) is 0 Å². The summed E-state index contributed by atoms with van der Waals surface area (Å²) < 4.78 is 0. The SMILES string of the molecule is O=C(NC(Cc1ccccc1)C(=O)N1CCCC1)c1cccnc1. The van der Waals surface area contributed by atoms with Crippen molar-refractivity contribution in [1.29, 1.82) is 0 Å². The average Bonchev–Trinajstić information content (AvgIpc) is 3.17. The van der Waals surface area contributed by atoms with Gasteiger partial charge in [-0.25, -0.2) is 0 Å². The molecule has 2 amide bonds. The highest BCUT2D eigenvalue weighted by Gasteiger charge is 2.28. The number of hydrogen-bond donors (Lipinski definition) is 1. The van der Waals surface area contributed by atoms with Gasteiger partial charge in [0.05, 0.1) is 5.56 Å². The third kappa shape index (κ3) is 3.98. The molecule has 2 aromatic rings. The van der Waals surface area contributed by atoms with Crippen LogP contribution in [0.4, 0.5) is 0 Å². The molecule has 0 aliphatic carbocycles. The molecule has 0 spiro atoms. The Morgan fingerprint density at radius 3 is 2.50 bits per heavy atom. The molecule has 1 aromatic heterocycles. The van der Waals surface area contributed by atoms with Crippen molar-refractivity contribution in [3.05, 3.63) is 66.0 Å². The molecule has 0 bridgehead atoms. The van der Waals surface area contributed by atoms with Crippen LogP contribution in [0.1, 0.15) is 28.8 Å². The van der Waals surface area contributed by atoms with E-state index in [0.29, 0.717) is 12.0 Å². The number of benzene rings is 1. The van der Waals surface area contributed by atoms with Gasteiger partial charge in [0, 0.05) is 31.9 Å². The molecule has 1 atom stereocenters. The zero-order valence-corrected chi connectivity index (χ0v) is 13.5. The maximum absolute atomic E-state index is 12.8. The predicted molar refractivity (Wildman–Crippen MR) is 91.5 cm³/mol. The first kappa shape index (κ1) is 16.2. The highest BCUT2D eigenvalue weighted by Crippen LogP contribution is 2.13. The molecule has 124 valence electrons. The first-order chi connectivity index (χ1) is 11.7. The average molecular weight is 323 g/mol. The lowest BCUT2D eigenvalue weighted by atomic mass is 10.0. The summed E-state index contributed by atoms with van der Waals surface area (Å²) in [6.07, 6.45) is 5.67. The minimum absolute atomic E-state index is 0.00593. The van der Waals surface area contributed by atoms with E-state index in [4.69, 9.17) is 0 Å². The lowest BCUT2D eigenvalue weighted by Crippen LogP contribution is -2.49. The van der Waals surface area contributed by atoms with Crippen molar-refractivity contribution in [3.8, 4) is 0 Å². The number of pyridine rings is 1. The van der Waals surface area contributed by atoms with Gasteiger partial charge in [0.1, 0.15) is 6.04 Å². The normalized spacial score (nSPS) is 15.1. The number of carbonyl (C=O) groups is 2. The molecule has 1 aliphatic rings. The van der Waals surface area contributed by atoms with Crippen molar-refractivity contribution < 1.29 is 9.59 Å². The van der Waals surface area contributed by atoms with Crippen LogP contribution in [-0.4, -0.2) is 40.8 Å². The largest absolute Gasteiger partial charge is 0.341 e. The van der Waals surface area contributed by atoms with E-state index in [9.17, 15) is 9.59 Å². The third-order valence-electron chi connectivity index (χ3n) is 4.23. The van der Waals surface area contributed by atoms with Crippen molar-refractivity contribution in [1.82, 2.24) is 15.2 Å². The van der Waals surface area contributed by atoms with Gasteiger partial charge in [-0.15, -0.1) is 0 Å². The Balaban J connectivity index is 1.76. The maximum Gasteiger partial charge on any atom is 0.253 e. The third-order valence-corrected chi connectivity index (χ3v) is 4.23. The van der Waals surface area contributed by atoms with Gasteiger partial charge in [-0.1, -0.05) is 30.3 Å². The molecule has 1 aliphatic heterocycles. The van der Waals surface area contributed by atoms with Crippen molar-refractivity contribution >= 4 is 11.8 Å². The molecule has 24 heavy (non-hydrogen) atoms. The van der Waals surface area contributed by atoms with Crippen LogP contribution in [0.5, 0.6) is 0 Å². The predicted octanol–water partition coefficient (Wildman–Crippen LogP) is 2.05. The zero-order valence-electron chi connectivity index (χ0n) is 13.5. The second-order valence-corrected chi connectivity index (χ2v) is 5.99. The zero-order chi connectivity index (χ0) is 16.8. The number of aromatic nitrogens is 1. The monoisotopic (exact) mass is 323 g/mol. The number of rotatable bonds is 5. The van der Waals surface area contributed by atoms with E-state index in [1.54, 1.807) is 18.3 Å². The first-order valence-corrected chi connectivity index (χ1v) is 8.27. The van der Waals surface area contributed by atoms with Gasteiger partial charge >= 0.3 is 0 Å². The smallest absolute Gasteiger partial charge is 0.253 e. The summed E-state index contributed by atoms with van der Waals surface area (Å²) in [4.78, 5) is 31.1. The number of amides is 2. The van der Waals surface area contributed by atoms with Crippen molar-refractivity contribution in [2.75, 3.05) is 13.1 Å². The Labute approximate surface area is 141 Å². The second kappa shape index (κ2) is 7.73. The van der Waals surface area contributed by atoms with Crippen molar-refractivity contribution in [3.63, 3.8) is 0 Å². The Hall–Kier alpha value is -2.69. The highest BCUT2D eigenvalue weighted by atomic mass is 16.2. The molecular weight excluding hydrogens is 302 g/mol. The molecule has 5 nitrogen and oxygen atoms in total. The topological polar surface area (TPSA) is 62.3 Å². The van der Waals surface area contributed by atoms with Crippen LogP contribution in [0.15, 0.2) is 54.9 Å². The summed E-state index contributed by atoms with van der Waals surface area (Å²) in [5.41, 5.74) is 1.49. The molecule has 0 saturated carbocycles. The van der Waals surface area contributed by atoms with Crippen LogP contribution in [0, 0.1) is 0 Å². The van der Waals surface area contributed by atoms with E-state index < -0.39 is 6.04 Å². The summed E-state index contributed by atoms with van der Waals surface area (Å²) in [6, 6.07) is 12.6. The molecule has 1 aromatic carbocycles. The van der Waals surface area contributed by atoms with E-state index in [1.165, 1.54) is 6.20 Å².